The molecule has 3 heterocycles. The number of hydrogen-bond donors (Lipinski definition) is 0. The number of amides is 2. The number of aromatic nitrogens is 2. The molecule has 2 aromatic rings. The van der Waals surface area contributed by atoms with Gasteiger partial charge in [0, 0.05) is 57.7 Å². The summed E-state index contributed by atoms with van der Waals surface area (Å²) in [6.07, 6.45) is 1.97. The van der Waals surface area contributed by atoms with E-state index in [1.807, 2.05) is 21.9 Å². The van der Waals surface area contributed by atoms with E-state index in [1.54, 1.807) is 0 Å². The number of nitrogens with zero attached hydrogens (tertiary/aromatic N) is 5. The number of carbonyl (C=O) groups excluding carboxylic acids is 2. The van der Waals surface area contributed by atoms with Gasteiger partial charge in [0.25, 0.3) is 0 Å². The van der Waals surface area contributed by atoms with Gasteiger partial charge >= 0.3 is 0 Å². The highest BCUT2D eigenvalue weighted by molar-refractivity contribution is 5.79. The first-order valence-corrected chi connectivity index (χ1v) is 13.0. The van der Waals surface area contributed by atoms with E-state index in [0.29, 0.717) is 61.9 Å². The minimum atomic E-state index is 0.0932. The standard InChI is InChI=1S/C27H39N5O3/c1-19(2)22-5-7-23(8-6-22)27-28-24(35-29-27)9-10-25(33)31-13-11-30(12-14-31)18-26(34)32-16-20(3)15-21(4)17-32/h5-8,19-21H,9-18H2,1-4H3. The van der Waals surface area contributed by atoms with Crippen LogP contribution < -0.4 is 0 Å². The quantitative estimate of drug-likeness (QED) is 0.603. The van der Waals surface area contributed by atoms with Crippen molar-refractivity contribution in [2.45, 2.75) is 52.9 Å². The first-order chi connectivity index (χ1) is 16.8. The van der Waals surface area contributed by atoms with Crippen LogP contribution in [-0.4, -0.2) is 82.5 Å². The van der Waals surface area contributed by atoms with E-state index in [1.165, 1.54) is 12.0 Å². The maximum absolute atomic E-state index is 12.8. The molecule has 1 aromatic heterocycles. The number of rotatable bonds is 7. The highest BCUT2D eigenvalue weighted by Crippen LogP contribution is 2.22. The van der Waals surface area contributed by atoms with Gasteiger partial charge in [0.15, 0.2) is 0 Å². The third-order valence-electron chi connectivity index (χ3n) is 7.16. The maximum Gasteiger partial charge on any atom is 0.236 e. The minimum absolute atomic E-state index is 0.0932. The van der Waals surface area contributed by atoms with E-state index >= 15 is 0 Å². The Morgan fingerprint density at radius 2 is 1.63 bits per heavy atom. The summed E-state index contributed by atoms with van der Waals surface area (Å²) in [5.41, 5.74) is 2.18. The molecule has 0 radical (unpaired) electrons. The molecule has 2 aliphatic heterocycles. The van der Waals surface area contributed by atoms with E-state index in [9.17, 15) is 9.59 Å². The summed E-state index contributed by atoms with van der Waals surface area (Å²) in [5.74, 6) is 2.95. The Labute approximate surface area is 208 Å². The van der Waals surface area contributed by atoms with Crippen molar-refractivity contribution in [2.24, 2.45) is 11.8 Å². The highest BCUT2D eigenvalue weighted by Gasteiger charge is 2.28. The first kappa shape index (κ1) is 25.4. The molecular formula is C27H39N5O3. The van der Waals surface area contributed by atoms with E-state index in [4.69, 9.17) is 4.52 Å². The zero-order chi connectivity index (χ0) is 24.9. The zero-order valence-corrected chi connectivity index (χ0v) is 21.6. The number of likely N-dealkylation sites (tertiary alicyclic amines) is 1. The van der Waals surface area contributed by atoms with Crippen LogP contribution in [0.4, 0.5) is 0 Å². The lowest BCUT2D eigenvalue weighted by atomic mass is 9.92. The largest absolute Gasteiger partial charge is 0.341 e. The second kappa shape index (κ2) is 11.3. The van der Waals surface area contributed by atoms with Crippen molar-refractivity contribution in [1.29, 1.82) is 0 Å². The fourth-order valence-corrected chi connectivity index (χ4v) is 5.18. The van der Waals surface area contributed by atoms with Crippen LogP contribution in [0.25, 0.3) is 11.4 Å². The summed E-state index contributed by atoms with van der Waals surface area (Å²) in [7, 11) is 0. The van der Waals surface area contributed by atoms with Crippen molar-refractivity contribution in [3.8, 4) is 11.4 Å². The monoisotopic (exact) mass is 481 g/mol. The van der Waals surface area contributed by atoms with Crippen LogP contribution in [0.15, 0.2) is 28.8 Å². The summed E-state index contributed by atoms with van der Waals surface area (Å²) in [4.78, 5) is 36.1. The molecule has 2 unspecified atom stereocenters. The van der Waals surface area contributed by atoms with Crippen molar-refractivity contribution in [2.75, 3.05) is 45.8 Å². The van der Waals surface area contributed by atoms with Crippen molar-refractivity contribution in [3.63, 3.8) is 0 Å². The van der Waals surface area contributed by atoms with Gasteiger partial charge in [-0.1, -0.05) is 57.1 Å². The molecule has 0 saturated carbocycles. The number of carbonyl (C=O) groups is 2. The van der Waals surface area contributed by atoms with Gasteiger partial charge in [-0.2, -0.15) is 4.98 Å². The van der Waals surface area contributed by atoms with Gasteiger partial charge in [0.1, 0.15) is 0 Å². The molecule has 1 aromatic carbocycles. The van der Waals surface area contributed by atoms with Gasteiger partial charge < -0.3 is 14.3 Å². The second-order valence-electron chi connectivity index (χ2n) is 10.7. The van der Waals surface area contributed by atoms with E-state index in [-0.39, 0.29) is 11.8 Å². The molecule has 2 fully saturated rings. The molecule has 190 valence electrons. The zero-order valence-electron chi connectivity index (χ0n) is 21.6. The molecule has 0 spiro atoms. The summed E-state index contributed by atoms with van der Waals surface area (Å²) in [6, 6.07) is 8.18. The number of hydrogen-bond acceptors (Lipinski definition) is 6. The average molecular weight is 482 g/mol. The Morgan fingerprint density at radius 1 is 0.971 bits per heavy atom. The van der Waals surface area contributed by atoms with Gasteiger partial charge in [-0.15, -0.1) is 0 Å². The normalized spacial score (nSPS) is 21.5. The molecule has 8 nitrogen and oxygen atoms in total. The van der Waals surface area contributed by atoms with E-state index in [2.05, 4.69) is 54.9 Å². The molecule has 2 atom stereocenters. The summed E-state index contributed by atoms with van der Waals surface area (Å²) in [5, 5.41) is 4.08. The van der Waals surface area contributed by atoms with Gasteiger partial charge in [-0.3, -0.25) is 14.5 Å². The fourth-order valence-electron chi connectivity index (χ4n) is 5.18. The Kier molecular flexibility index (Phi) is 8.21. The van der Waals surface area contributed by atoms with Crippen molar-refractivity contribution < 1.29 is 14.1 Å². The molecule has 2 amide bonds. The second-order valence-corrected chi connectivity index (χ2v) is 10.7. The fraction of sp³-hybridized carbons (Fsp3) is 0.630. The molecule has 4 rings (SSSR count). The SMILES string of the molecule is CC1CC(C)CN(C(=O)CN2CCN(C(=O)CCc3nc(-c4ccc(C(C)C)cc4)no3)CC2)C1. The third kappa shape index (κ3) is 6.69. The van der Waals surface area contributed by atoms with Gasteiger partial charge in [-0.05, 0) is 29.7 Å². The summed E-state index contributed by atoms with van der Waals surface area (Å²) in [6.45, 7) is 13.7. The van der Waals surface area contributed by atoms with E-state index in [0.717, 1.165) is 31.7 Å². The van der Waals surface area contributed by atoms with Gasteiger partial charge in [0.2, 0.25) is 23.5 Å². The van der Waals surface area contributed by atoms with E-state index < -0.39 is 0 Å². The molecule has 8 heteroatoms. The molecular weight excluding hydrogens is 442 g/mol. The maximum atomic E-state index is 12.8. The van der Waals surface area contributed by atoms with Gasteiger partial charge in [0.05, 0.1) is 6.54 Å². The Hall–Kier alpha value is -2.74. The predicted octanol–water partition coefficient (Wildman–Crippen LogP) is 3.44. The number of piperidine rings is 1. The summed E-state index contributed by atoms with van der Waals surface area (Å²) < 4.78 is 5.39. The first-order valence-electron chi connectivity index (χ1n) is 13.0. The van der Waals surface area contributed by atoms with Crippen LogP contribution in [0, 0.1) is 11.8 Å². The molecule has 0 aliphatic carbocycles. The van der Waals surface area contributed by atoms with Crippen LogP contribution in [0.2, 0.25) is 0 Å². The lowest BCUT2D eigenvalue weighted by Gasteiger charge is -2.38. The highest BCUT2D eigenvalue weighted by atomic mass is 16.5. The van der Waals surface area contributed by atoms with Crippen LogP contribution >= 0.6 is 0 Å². The number of aryl methyl sites for hydroxylation is 1. The van der Waals surface area contributed by atoms with Crippen LogP contribution in [0.3, 0.4) is 0 Å². The molecule has 35 heavy (non-hydrogen) atoms. The molecule has 0 bridgehead atoms. The van der Waals surface area contributed by atoms with Crippen molar-refractivity contribution >= 4 is 11.8 Å². The Bertz CT molecular complexity index is 985. The van der Waals surface area contributed by atoms with Crippen molar-refractivity contribution in [3.05, 3.63) is 35.7 Å². The predicted molar refractivity (Wildman–Crippen MR) is 135 cm³/mol. The van der Waals surface area contributed by atoms with Gasteiger partial charge in [-0.25, -0.2) is 0 Å². The molecule has 2 saturated heterocycles. The van der Waals surface area contributed by atoms with Crippen LogP contribution in [-0.2, 0) is 16.0 Å². The third-order valence-corrected chi connectivity index (χ3v) is 7.16. The lowest BCUT2D eigenvalue weighted by Crippen LogP contribution is -2.53. The van der Waals surface area contributed by atoms with Crippen LogP contribution in [0.5, 0.6) is 0 Å². The summed E-state index contributed by atoms with van der Waals surface area (Å²) >= 11 is 0. The number of piperazine rings is 1. The van der Waals surface area contributed by atoms with Crippen molar-refractivity contribution in [1.82, 2.24) is 24.8 Å². The Balaban J connectivity index is 1.20. The molecule has 2 aliphatic rings. The topological polar surface area (TPSA) is 82.8 Å². The molecule has 0 N–H and O–H groups in total. The van der Waals surface area contributed by atoms with Crippen LogP contribution in [0.1, 0.15) is 57.9 Å². The average Bonchev–Trinajstić information content (AvgIpc) is 3.31. The Morgan fingerprint density at radius 3 is 2.26 bits per heavy atom. The minimum Gasteiger partial charge on any atom is -0.341 e. The smallest absolute Gasteiger partial charge is 0.236 e. The lowest BCUT2D eigenvalue weighted by molar-refractivity contribution is -0.136. The number of benzene rings is 1.